The number of carbonyl (C=O) groups excluding carboxylic acids is 1. The first-order valence-corrected chi connectivity index (χ1v) is 13.0. The van der Waals surface area contributed by atoms with Crippen LogP contribution in [0.3, 0.4) is 0 Å². The van der Waals surface area contributed by atoms with Crippen molar-refractivity contribution < 1.29 is 18.3 Å². The Labute approximate surface area is 197 Å². The molecule has 6 heteroatoms. The van der Waals surface area contributed by atoms with Gasteiger partial charge in [0.05, 0.1) is 11.2 Å². The van der Waals surface area contributed by atoms with Crippen LogP contribution in [0.25, 0.3) is 0 Å². The molecule has 0 bridgehead atoms. The first kappa shape index (κ1) is 23.7. The highest BCUT2D eigenvalue weighted by atomic mass is 32.2. The number of hydrogen-bond acceptors (Lipinski definition) is 4. The summed E-state index contributed by atoms with van der Waals surface area (Å²) >= 11 is 0. The average Bonchev–Trinajstić information content (AvgIpc) is 2.78. The number of aliphatic hydroxyl groups excluding tert-OH is 1. The first-order valence-electron chi connectivity index (χ1n) is 11.6. The predicted octanol–water partition coefficient (Wildman–Crippen LogP) is 5.03. The lowest BCUT2D eigenvalue weighted by Gasteiger charge is -2.50. The predicted molar refractivity (Wildman–Crippen MR) is 130 cm³/mol. The third kappa shape index (κ3) is 4.64. The monoisotopic (exact) mass is 467 g/mol. The molecule has 2 aromatic rings. The number of nitrogens with zero attached hydrogens (tertiary/aromatic N) is 1. The van der Waals surface area contributed by atoms with Crippen LogP contribution in [-0.4, -0.2) is 36.7 Å². The van der Waals surface area contributed by atoms with Crippen LogP contribution in [0.4, 0.5) is 0 Å². The van der Waals surface area contributed by atoms with Gasteiger partial charge in [0.2, 0.25) is 10.0 Å². The molecule has 0 spiro atoms. The topological polar surface area (TPSA) is 74.7 Å². The maximum absolute atomic E-state index is 13.6. The number of rotatable bonds is 4. The Balaban J connectivity index is 1.68. The number of Topliss-reactive ketones (excluding diaryl/α,β-unsaturated/α-hetero) is 1. The lowest BCUT2D eigenvalue weighted by atomic mass is 9.59. The fourth-order valence-electron chi connectivity index (χ4n) is 5.38. The SMILES string of the molecule is CC(C)(C)c1ccc(S(=O)(=O)N2CCC3CC(=O)C(=CO)CC3(Cc3ccccc3)C2)cc1. The van der Waals surface area contributed by atoms with E-state index in [1.165, 1.54) is 0 Å². The second-order valence-electron chi connectivity index (χ2n) is 10.6. The number of carbonyl (C=O) groups is 1. The molecule has 1 aliphatic heterocycles. The van der Waals surface area contributed by atoms with Crippen LogP contribution in [-0.2, 0) is 26.7 Å². The third-order valence-corrected chi connectivity index (χ3v) is 9.19. The molecular weight excluding hydrogens is 434 g/mol. The molecule has 1 N–H and O–H groups in total. The van der Waals surface area contributed by atoms with E-state index in [4.69, 9.17) is 0 Å². The molecule has 5 nitrogen and oxygen atoms in total. The second-order valence-corrected chi connectivity index (χ2v) is 12.5. The lowest BCUT2D eigenvalue weighted by Crippen LogP contribution is -2.54. The quantitative estimate of drug-likeness (QED) is 0.506. The number of allylic oxidation sites excluding steroid dienone is 1. The van der Waals surface area contributed by atoms with Crippen LogP contribution in [0.5, 0.6) is 0 Å². The van der Waals surface area contributed by atoms with Gasteiger partial charge in [0.25, 0.3) is 0 Å². The van der Waals surface area contributed by atoms with E-state index in [1.54, 1.807) is 16.4 Å². The summed E-state index contributed by atoms with van der Waals surface area (Å²) in [5, 5.41) is 9.71. The minimum atomic E-state index is -3.68. The minimum absolute atomic E-state index is 0.0275. The number of sulfonamides is 1. The van der Waals surface area contributed by atoms with Crippen LogP contribution in [0.2, 0.25) is 0 Å². The second kappa shape index (κ2) is 8.73. The zero-order valence-corrected chi connectivity index (χ0v) is 20.4. The fourth-order valence-corrected chi connectivity index (χ4v) is 6.93. The molecule has 2 atom stereocenters. The smallest absolute Gasteiger partial charge is 0.243 e. The van der Waals surface area contributed by atoms with Gasteiger partial charge in [-0.2, -0.15) is 4.31 Å². The standard InChI is InChI=1S/C27H33NO4S/c1-26(2,3)22-9-11-24(12-10-22)33(31,32)28-14-13-23-15-25(30)21(18-29)17-27(23,19-28)16-20-7-5-4-6-8-20/h4-12,18,23,29H,13-17,19H2,1-3H3. The molecule has 1 saturated heterocycles. The maximum atomic E-state index is 13.6. The molecule has 2 unspecified atom stereocenters. The number of aliphatic hydroxyl groups is 1. The largest absolute Gasteiger partial charge is 0.515 e. The van der Waals surface area contributed by atoms with Crippen LogP contribution >= 0.6 is 0 Å². The van der Waals surface area contributed by atoms with Crippen molar-refractivity contribution in [1.29, 1.82) is 0 Å². The fraction of sp³-hybridized carbons (Fsp3) is 0.444. The molecule has 2 aromatic carbocycles. The van der Waals surface area contributed by atoms with Crippen molar-refractivity contribution in [3.8, 4) is 0 Å². The molecule has 4 rings (SSSR count). The van der Waals surface area contributed by atoms with Gasteiger partial charge in [0.15, 0.2) is 5.78 Å². The van der Waals surface area contributed by atoms with Crippen molar-refractivity contribution in [2.45, 2.75) is 56.8 Å². The molecule has 1 aliphatic carbocycles. The zero-order valence-electron chi connectivity index (χ0n) is 19.6. The van der Waals surface area contributed by atoms with Crippen molar-refractivity contribution >= 4 is 15.8 Å². The molecule has 1 saturated carbocycles. The molecule has 1 heterocycles. The van der Waals surface area contributed by atoms with Gasteiger partial charge in [-0.05, 0) is 59.3 Å². The van der Waals surface area contributed by atoms with Crippen LogP contribution in [0.1, 0.15) is 51.2 Å². The summed E-state index contributed by atoms with van der Waals surface area (Å²) in [5.41, 5.74) is 2.12. The molecule has 0 amide bonds. The highest BCUT2D eigenvalue weighted by Gasteiger charge is 2.50. The van der Waals surface area contributed by atoms with E-state index < -0.39 is 15.4 Å². The minimum Gasteiger partial charge on any atom is -0.515 e. The summed E-state index contributed by atoms with van der Waals surface area (Å²) < 4.78 is 28.8. The lowest BCUT2D eigenvalue weighted by molar-refractivity contribution is -0.121. The van der Waals surface area contributed by atoms with Gasteiger partial charge >= 0.3 is 0 Å². The molecular formula is C27H33NO4S. The highest BCUT2D eigenvalue weighted by Crippen LogP contribution is 2.50. The first-order chi connectivity index (χ1) is 15.5. The van der Waals surface area contributed by atoms with Crippen molar-refractivity contribution in [3.05, 3.63) is 77.6 Å². The summed E-state index contributed by atoms with van der Waals surface area (Å²) in [7, 11) is -3.68. The Kier molecular flexibility index (Phi) is 6.27. The molecule has 0 radical (unpaired) electrons. The highest BCUT2D eigenvalue weighted by molar-refractivity contribution is 7.89. The summed E-state index contributed by atoms with van der Waals surface area (Å²) in [5.74, 6) is 0.0592. The van der Waals surface area contributed by atoms with Gasteiger partial charge < -0.3 is 5.11 Å². The van der Waals surface area contributed by atoms with E-state index >= 15 is 0 Å². The maximum Gasteiger partial charge on any atom is 0.243 e. The summed E-state index contributed by atoms with van der Waals surface area (Å²) in [6.45, 7) is 7.04. The molecule has 2 fully saturated rings. The van der Waals surface area contributed by atoms with E-state index in [0.717, 1.165) is 17.4 Å². The Morgan fingerprint density at radius 3 is 2.36 bits per heavy atom. The Hall–Kier alpha value is -2.44. The van der Waals surface area contributed by atoms with Gasteiger partial charge in [0.1, 0.15) is 0 Å². The normalized spacial score (nSPS) is 25.7. The number of benzene rings is 2. The Morgan fingerprint density at radius 1 is 1.09 bits per heavy atom. The van der Waals surface area contributed by atoms with E-state index in [9.17, 15) is 18.3 Å². The van der Waals surface area contributed by atoms with E-state index in [2.05, 4.69) is 20.8 Å². The van der Waals surface area contributed by atoms with Gasteiger partial charge in [-0.15, -0.1) is 0 Å². The number of piperidine rings is 1. The van der Waals surface area contributed by atoms with E-state index in [-0.39, 0.29) is 17.1 Å². The van der Waals surface area contributed by atoms with Crippen LogP contribution < -0.4 is 0 Å². The number of hydrogen-bond donors (Lipinski definition) is 1. The van der Waals surface area contributed by atoms with Gasteiger partial charge in [-0.25, -0.2) is 8.42 Å². The van der Waals surface area contributed by atoms with E-state index in [1.807, 2.05) is 42.5 Å². The molecule has 2 aliphatic rings. The van der Waals surface area contributed by atoms with Crippen LogP contribution in [0.15, 0.2) is 71.3 Å². The molecule has 0 aromatic heterocycles. The Morgan fingerprint density at radius 2 is 1.76 bits per heavy atom. The third-order valence-electron chi connectivity index (χ3n) is 7.33. The van der Waals surface area contributed by atoms with Crippen molar-refractivity contribution in [1.82, 2.24) is 4.31 Å². The number of fused-ring (bicyclic) bond motifs is 1. The van der Waals surface area contributed by atoms with Crippen LogP contribution in [0, 0.1) is 11.3 Å². The van der Waals surface area contributed by atoms with Crippen molar-refractivity contribution in [3.63, 3.8) is 0 Å². The van der Waals surface area contributed by atoms with Crippen molar-refractivity contribution in [2.75, 3.05) is 13.1 Å². The zero-order chi connectivity index (χ0) is 23.9. The van der Waals surface area contributed by atoms with Gasteiger partial charge in [-0.3, -0.25) is 4.79 Å². The molecule has 176 valence electrons. The molecule has 33 heavy (non-hydrogen) atoms. The summed E-state index contributed by atoms with van der Waals surface area (Å²) in [6, 6.07) is 17.2. The van der Waals surface area contributed by atoms with Crippen molar-refractivity contribution in [2.24, 2.45) is 11.3 Å². The average molecular weight is 468 g/mol. The Bertz CT molecular complexity index is 1150. The summed E-state index contributed by atoms with van der Waals surface area (Å²) in [6.07, 6.45) is 2.96. The van der Waals surface area contributed by atoms with E-state index in [0.29, 0.717) is 49.2 Å². The van der Waals surface area contributed by atoms with Gasteiger partial charge in [-0.1, -0.05) is 63.2 Å². The summed E-state index contributed by atoms with van der Waals surface area (Å²) in [4.78, 5) is 12.8. The van der Waals surface area contributed by atoms with Gasteiger partial charge in [0, 0.05) is 25.1 Å². The number of ketones is 1.